The first-order chi connectivity index (χ1) is 9.00. The van der Waals surface area contributed by atoms with E-state index >= 15 is 0 Å². The zero-order chi connectivity index (χ0) is 13.9. The van der Waals surface area contributed by atoms with Crippen LogP contribution in [0.2, 0.25) is 0 Å². The van der Waals surface area contributed by atoms with Gasteiger partial charge in [0.15, 0.2) is 11.5 Å². The number of esters is 1. The highest BCUT2D eigenvalue weighted by molar-refractivity contribution is 5.86. The summed E-state index contributed by atoms with van der Waals surface area (Å²) in [6.45, 7) is 4.85. The Morgan fingerprint density at radius 3 is 2.84 bits per heavy atom. The maximum absolute atomic E-state index is 11.2. The molecule has 104 valence electrons. The predicted octanol–water partition coefficient (Wildman–Crippen LogP) is 0.827. The Labute approximate surface area is 111 Å². The molecule has 1 N–H and O–H groups in total. The molecule has 1 aromatic rings. The average Bonchev–Trinajstić information content (AvgIpc) is 2.76. The first-order valence-corrected chi connectivity index (χ1v) is 5.98. The van der Waals surface area contributed by atoms with Gasteiger partial charge in [0.2, 0.25) is 0 Å². The van der Waals surface area contributed by atoms with Crippen molar-refractivity contribution in [2.45, 2.75) is 25.7 Å². The third kappa shape index (κ3) is 3.62. The van der Waals surface area contributed by atoms with Crippen LogP contribution in [0.3, 0.4) is 0 Å². The minimum Gasteiger partial charge on any atom is -0.464 e. The van der Waals surface area contributed by atoms with E-state index in [0.29, 0.717) is 19.0 Å². The first-order valence-electron chi connectivity index (χ1n) is 5.98. The van der Waals surface area contributed by atoms with Gasteiger partial charge in [-0.1, -0.05) is 0 Å². The lowest BCUT2D eigenvalue weighted by Gasteiger charge is -2.17. The molecule has 2 rings (SSSR count). The number of anilines is 1. The minimum absolute atomic E-state index is 0.0305. The first kappa shape index (κ1) is 13.7. The number of hydrogen-bond acceptors (Lipinski definition) is 7. The summed E-state index contributed by atoms with van der Waals surface area (Å²) >= 11 is 0. The number of carbonyl (C=O) groups excluding carboxylic acids is 1. The van der Waals surface area contributed by atoms with Crippen LogP contribution in [-0.2, 0) is 14.2 Å². The van der Waals surface area contributed by atoms with Gasteiger partial charge < -0.3 is 19.5 Å². The average molecular weight is 267 g/mol. The van der Waals surface area contributed by atoms with Crippen LogP contribution in [0.1, 0.15) is 24.3 Å². The molecule has 1 aliphatic rings. The Hall–Kier alpha value is -1.73. The van der Waals surface area contributed by atoms with Crippen molar-refractivity contribution in [1.29, 1.82) is 0 Å². The molecule has 2 heterocycles. The summed E-state index contributed by atoms with van der Waals surface area (Å²) in [5.74, 6) is -0.471. The molecule has 1 atom stereocenters. The lowest BCUT2D eigenvalue weighted by atomic mass is 10.3. The third-order valence-electron chi connectivity index (χ3n) is 2.64. The van der Waals surface area contributed by atoms with Crippen LogP contribution < -0.4 is 5.32 Å². The summed E-state index contributed by atoms with van der Waals surface area (Å²) in [7, 11) is 1.30. The van der Waals surface area contributed by atoms with E-state index < -0.39 is 11.8 Å². The van der Waals surface area contributed by atoms with Gasteiger partial charge >= 0.3 is 5.97 Å². The molecule has 0 saturated carbocycles. The lowest BCUT2D eigenvalue weighted by molar-refractivity contribution is -0.136. The Bertz CT molecular complexity index is 447. The standard InChI is InChI=1S/C12H17N3O4/c1-12(2)18-7-8(19-12)6-13-10-5-4-9(14-15-10)11(16)17-3/h4-5,8H,6-7H2,1-3H3,(H,13,15). The third-order valence-corrected chi connectivity index (χ3v) is 2.64. The van der Waals surface area contributed by atoms with Crippen LogP contribution in [0.5, 0.6) is 0 Å². The summed E-state index contributed by atoms with van der Waals surface area (Å²) in [5.41, 5.74) is 0.176. The van der Waals surface area contributed by atoms with Gasteiger partial charge in [-0.15, -0.1) is 10.2 Å². The number of nitrogens with one attached hydrogen (secondary N) is 1. The summed E-state index contributed by atoms with van der Waals surface area (Å²) < 4.78 is 15.6. The van der Waals surface area contributed by atoms with Crippen molar-refractivity contribution < 1.29 is 19.0 Å². The van der Waals surface area contributed by atoms with Crippen molar-refractivity contribution in [1.82, 2.24) is 10.2 Å². The van der Waals surface area contributed by atoms with E-state index in [4.69, 9.17) is 9.47 Å². The number of methoxy groups -OCH3 is 1. The van der Waals surface area contributed by atoms with Crippen molar-refractivity contribution >= 4 is 11.8 Å². The van der Waals surface area contributed by atoms with E-state index in [1.165, 1.54) is 7.11 Å². The molecule has 0 amide bonds. The molecule has 7 heteroatoms. The summed E-state index contributed by atoms with van der Waals surface area (Å²) in [6, 6.07) is 3.22. The Balaban J connectivity index is 1.85. The summed E-state index contributed by atoms with van der Waals surface area (Å²) in [4.78, 5) is 11.2. The largest absolute Gasteiger partial charge is 0.464 e. The molecule has 0 aliphatic carbocycles. The Kier molecular flexibility index (Phi) is 3.96. The van der Waals surface area contributed by atoms with Crippen molar-refractivity contribution in [2.75, 3.05) is 25.6 Å². The van der Waals surface area contributed by atoms with Crippen LogP contribution in [0.25, 0.3) is 0 Å². The molecule has 1 saturated heterocycles. The van der Waals surface area contributed by atoms with E-state index in [0.717, 1.165) is 0 Å². The van der Waals surface area contributed by atoms with Crippen LogP contribution in [-0.4, -0.2) is 48.3 Å². The molecule has 0 aromatic carbocycles. The fourth-order valence-electron chi connectivity index (χ4n) is 1.72. The van der Waals surface area contributed by atoms with Gasteiger partial charge in [0.1, 0.15) is 11.9 Å². The Morgan fingerprint density at radius 2 is 2.32 bits per heavy atom. The maximum atomic E-state index is 11.2. The minimum atomic E-state index is -0.535. The fourth-order valence-corrected chi connectivity index (χ4v) is 1.72. The molecule has 7 nitrogen and oxygen atoms in total. The predicted molar refractivity (Wildman–Crippen MR) is 66.8 cm³/mol. The number of hydrogen-bond donors (Lipinski definition) is 1. The van der Waals surface area contributed by atoms with Gasteiger partial charge in [-0.2, -0.15) is 0 Å². The quantitative estimate of drug-likeness (QED) is 0.809. The SMILES string of the molecule is COC(=O)c1ccc(NCC2COC(C)(C)O2)nn1. The van der Waals surface area contributed by atoms with Crippen molar-refractivity contribution in [2.24, 2.45) is 0 Å². The second-order valence-corrected chi connectivity index (χ2v) is 4.63. The summed E-state index contributed by atoms with van der Waals surface area (Å²) in [6.07, 6.45) is -0.0305. The molecular formula is C12H17N3O4. The lowest BCUT2D eigenvalue weighted by Crippen LogP contribution is -2.26. The normalized spacial score (nSPS) is 21.1. The number of rotatable bonds is 4. The van der Waals surface area contributed by atoms with Crippen molar-refractivity contribution in [3.8, 4) is 0 Å². The zero-order valence-electron chi connectivity index (χ0n) is 11.2. The molecule has 1 unspecified atom stereocenters. The van der Waals surface area contributed by atoms with Crippen molar-refractivity contribution in [3.63, 3.8) is 0 Å². The Morgan fingerprint density at radius 1 is 1.53 bits per heavy atom. The highest BCUT2D eigenvalue weighted by Crippen LogP contribution is 2.22. The van der Waals surface area contributed by atoms with E-state index in [1.807, 2.05) is 13.8 Å². The summed E-state index contributed by atoms with van der Waals surface area (Å²) in [5, 5.41) is 10.7. The molecule has 1 aromatic heterocycles. The fraction of sp³-hybridized carbons (Fsp3) is 0.583. The number of ether oxygens (including phenoxy) is 3. The van der Waals surface area contributed by atoms with E-state index in [9.17, 15) is 4.79 Å². The molecule has 1 fully saturated rings. The molecule has 1 aliphatic heterocycles. The van der Waals surface area contributed by atoms with Crippen LogP contribution in [0.4, 0.5) is 5.82 Å². The second-order valence-electron chi connectivity index (χ2n) is 4.63. The van der Waals surface area contributed by atoms with Crippen molar-refractivity contribution in [3.05, 3.63) is 17.8 Å². The van der Waals surface area contributed by atoms with Crippen LogP contribution in [0.15, 0.2) is 12.1 Å². The van der Waals surface area contributed by atoms with Gasteiger partial charge in [-0.25, -0.2) is 4.79 Å². The number of carbonyl (C=O) groups is 1. The van der Waals surface area contributed by atoms with Gasteiger partial charge in [0, 0.05) is 6.54 Å². The van der Waals surface area contributed by atoms with Gasteiger partial charge in [-0.05, 0) is 26.0 Å². The molecular weight excluding hydrogens is 250 g/mol. The van der Waals surface area contributed by atoms with Crippen LogP contribution >= 0.6 is 0 Å². The van der Waals surface area contributed by atoms with Gasteiger partial charge in [-0.3, -0.25) is 0 Å². The molecule has 0 radical (unpaired) electrons. The molecule has 0 spiro atoms. The second kappa shape index (κ2) is 5.50. The number of nitrogens with zero attached hydrogens (tertiary/aromatic N) is 2. The van der Waals surface area contributed by atoms with E-state index in [1.54, 1.807) is 12.1 Å². The molecule has 19 heavy (non-hydrogen) atoms. The van der Waals surface area contributed by atoms with Gasteiger partial charge in [0.05, 0.1) is 13.7 Å². The highest BCUT2D eigenvalue weighted by atomic mass is 16.7. The monoisotopic (exact) mass is 267 g/mol. The molecule has 0 bridgehead atoms. The zero-order valence-corrected chi connectivity index (χ0v) is 11.2. The maximum Gasteiger partial charge on any atom is 0.358 e. The smallest absolute Gasteiger partial charge is 0.358 e. The number of aromatic nitrogens is 2. The van der Waals surface area contributed by atoms with E-state index in [-0.39, 0.29) is 11.8 Å². The van der Waals surface area contributed by atoms with Crippen LogP contribution in [0, 0.1) is 0 Å². The topological polar surface area (TPSA) is 82.6 Å². The highest BCUT2D eigenvalue weighted by Gasteiger charge is 2.32. The van der Waals surface area contributed by atoms with E-state index in [2.05, 4.69) is 20.3 Å². The van der Waals surface area contributed by atoms with Gasteiger partial charge in [0.25, 0.3) is 0 Å².